The van der Waals surface area contributed by atoms with Crippen LogP contribution in [0.25, 0.3) is 0 Å². The van der Waals surface area contributed by atoms with E-state index in [1.54, 1.807) is 15.1 Å². The van der Waals surface area contributed by atoms with Crippen molar-refractivity contribution in [3.63, 3.8) is 0 Å². The molecule has 0 fully saturated rings. The smallest absolute Gasteiger partial charge is 2.00 e. The minimum Gasteiger partial charge on any atom is -2.00 e. The Morgan fingerprint density at radius 1 is 0.350 bits per heavy atom. The standard InChI is InChI=1S/5Fe.3H2O3.3H2O.3O/c;;;;;3*1-3-2;;;;;;/h;;;;;3*1-2H;3*1H2;;;/q5*+3;;;;;;;3*-2/p-9. The molecule has 0 spiro atoms. The van der Waals surface area contributed by atoms with Crippen LogP contribution in [-0.2, 0) is 117 Å². The molecule has 0 aromatic heterocycles. The summed E-state index contributed by atoms with van der Waals surface area (Å²) < 4.78 is 0. The first-order valence-corrected chi connectivity index (χ1v) is 1.00. The van der Waals surface area contributed by atoms with Crippen LogP contribution in [0.15, 0.2) is 0 Å². The third kappa shape index (κ3) is 1810. The molecule has 0 atom stereocenters. The zero-order valence-corrected chi connectivity index (χ0v) is 13.5. The van der Waals surface area contributed by atoms with Gasteiger partial charge in [0.1, 0.15) is 0 Å². The summed E-state index contributed by atoms with van der Waals surface area (Å²) in [6.07, 6.45) is 0. The van der Waals surface area contributed by atoms with E-state index in [4.69, 9.17) is 31.5 Å². The number of hydrogen-bond donors (Lipinski definition) is 0. The van der Waals surface area contributed by atoms with Gasteiger partial charge in [-0.25, -0.2) is 0 Å². The first-order chi connectivity index (χ1) is 4.24. The van der Waals surface area contributed by atoms with Gasteiger partial charge in [-0.05, 0) is 0 Å². The van der Waals surface area contributed by atoms with E-state index < -0.39 is 0 Å². The van der Waals surface area contributed by atoms with Crippen molar-refractivity contribution in [2.45, 2.75) is 0 Å². The fourth-order valence-electron chi connectivity index (χ4n) is 0. The molecule has 0 aromatic carbocycles. The van der Waals surface area contributed by atoms with E-state index >= 15 is 0 Å². The SMILES string of the molecule is [Fe+3].[Fe+3].[Fe+3].[Fe+3].[Fe+3].[O-2].[O-2].[O-2].[O-]O[O-].[O-]O[O-].[O-]O[O-].[OH-].[OH-].[OH-]. The topological polar surface area (TPSA) is 342 Å². The third-order valence-corrected chi connectivity index (χ3v) is 0. The Balaban J connectivity index is -0.00000000176. The van der Waals surface area contributed by atoms with E-state index in [0.29, 0.717) is 0 Å². The van der Waals surface area contributed by atoms with Gasteiger partial charge in [0.15, 0.2) is 0 Å². The van der Waals surface area contributed by atoms with Gasteiger partial charge in [-0.15, -0.1) is 0 Å². The molecular weight excluding hydrogens is 519 g/mol. The largest absolute Gasteiger partial charge is 3.00 e. The molecule has 0 aromatic rings. The second-order valence-corrected chi connectivity index (χ2v) is 0.204. The predicted octanol–water partition coefficient (Wildman–Crippen LogP) is -8.24. The van der Waals surface area contributed by atoms with Gasteiger partial charge in [0, 0.05) is 0 Å². The molecule has 0 aliphatic heterocycles. The maximum absolute atomic E-state index is 7.88. The van der Waals surface area contributed by atoms with Gasteiger partial charge in [0.05, 0.1) is 0 Å². The average molecular weight is 522 g/mol. The van der Waals surface area contributed by atoms with Gasteiger partial charge in [-0.2, -0.15) is 0 Å². The van der Waals surface area contributed by atoms with Crippen molar-refractivity contribution in [1.29, 1.82) is 0 Å². The summed E-state index contributed by atoms with van der Waals surface area (Å²) in [5.74, 6) is 0. The van der Waals surface area contributed by atoms with Gasteiger partial charge in [0.25, 0.3) is 0 Å². The van der Waals surface area contributed by atoms with E-state index in [-0.39, 0.29) is 118 Å². The van der Waals surface area contributed by atoms with Gasteiger partial charge < -0.3 is 79.5 Å². The summed E-state index contributed by atoms with van der Waals surface area (Å²) in [7, 11) is 0. The molecule has 20 heavy (non-hydrogen) atoms. The van der Waals surface area contributed by atoms with Crippen LogP contribution < -0.4 is 31.5 Å². The molecule has 0 aliphatic rings. The molecule has 0 saturated heterocycles. The third-order valence-electron chi connectivity index (χ3n) is 0. The Labute approximate surface area is 164 Å². The monoisotopic (exact) mass is 523 g/mol. The second-order valence-electron chi connectivity index (χ2n) is 0.204. The summed E-state index contributed by atoms with van der Waals surface area (Å²) >= 11 is 0. The van der Waals surface area contributed by atoms with Crippen molar-refractivity contribution in [3.8, 4) is 0 Å². The summed E-state index contributed by atoms with van der Waals surface area (Å²) in [6.45, 7) is 0. The Bertz CT molecular complexity index is 21.0. The Morgan fingerprint density at radius 2 is 0.350 bits per heavy atom. The molecule has 133 valence electrons. The Morgan fingerprint density at radius 3 is 0.350 bits per heavy atom. The maximum atomic E-state index is 7.88. The first-order valence-electron chi connectivity index (χ1n) is 1.00. The zero-order valence-electron chi connectivity index (χ0n) is 8.01. The second kappa shape index (κ2) is 336. The molecular formula is H3Fe5O15. The van der Waals surface area contributed by atoms with Gasteiger partial charge in [0.2, 0.25) is 0 Å². The van der Waals surface area contributed by atoms with Gasteiger partial charge in [-0.1, -0.05) is 0 Å². The quantitative estimate of drug-likeness (QED) is 0.163. The van der Waals surface area contributed by atoms with Crippen LogP contribution in [0, 0.1) is 0 Å². The van der Waals surface area contributed by atoms with Crippen molar-refractivity contribution in [1.82, 2.24) is 0 Å². The van der Waals surface area contributed by atoms with Crippen LogP contribution in [0.2, 0.25) is 0 Å². The van der Waals surface area contributed by atoms with E-state index in [0.717, 1.165) is 0 Å². The van der Waals surface area contributed by atoms with Crippen LogP contribution in [0.1, 0.15) is 0 Å². The van der Waals surface area contributed by atoms with Crippen molar-refractivity contribution < 1.29 is 165 Å². The molecule has 0 rings (SSSR count). The fourth-order valence-corrected chi connectivity index (χ4v) is 0. The van der Waals surface area contributed by atoms with E-state index in [9.17, 15) is 0 Å². The molecule has 3 N–H and O–H groups in total. The predicted molar refractivity (Wildman–Crippen MR) is 11.1 cm³/mol. The maximum Gasteiger partial charge on any atom is 3.00 e. The number of hydrogen-bond acceptors (Lipinski definition) is 12. The molecule has 0 amide bonds. The average Bonchev–Trinajstić information content (AvgIpc) is 1.70. The van der Waals surface area contributed by atoms with E-state index in [1.807, 2.05) is 0 Å². The van der Waals surface area contributed by atoms with Crippen LogP contribution in [0.4, 0.5) is 0 Å². The molecule has 0 aliphatic carbocycles. The van der Waals surface area contributed by atoms with Crippen LogP contribution in [0.3, 0.4) is 0 Å². The van der Waals surface area contributed by atoms with Crippen LogP contribution >= 0.6 is 0 Å². The minimum absolute atomic E-state index is 0. The van der Waals surface area contributed by atoms with Crippen LogP contribution in [0.5, 0.6) is 0 Å². The summed E-state index contributed by atoms with van der Waals surface area (Å²) in [6, 6.07) is 0. The summed E-state index contributed by atoms with van der Waals surface area (Å²) in [5.41, 5.74) is 0. The van der Waals surface area contributed by atoms with Crippen molar-refractivity contribution >= 4 is 0 Å². The first kappa shape index (κ1) is 152. The fraction of sp³-hybridized carbons (Fsp3) is 0. The number of rotatable bonds is 0. The molecule has 0 saturated carbocycles. The van der Waals surface area contributed by atoms with Crippen molar-refractivity contribution in [2.75, 3.05) is 0 Å². The minimum atomic E-state index is 0. The van der Waals surface area contributed by atoms with E-state index in [1.165, 1.54) is 0 Å². The molecule has 5 radical (unpaired) electrons. The zero-order chi connectivity index (χ0) is 8.12. The van der Waals surface area contributed by atoms with Crippen molar-refractivity contribution in [3.05, 3.63) is 0 Å². The van der Waals surface area contributed by atoms with Crippen LogP contribution in [-0.4, -0.2) is 16.4 Å². The molecule has 0 bridgehead atoms. The Hall–Kier alpha value is 2.00. The molecule has 20 heteroatoms. The van der Waals surface area contributed by atoms with Gasteiger partial charge in [-0.3, -0.25) is 0 Å². The summed E-state index contributed by atoms with van der Waals surface area (Å²) in [5, 5.41) is 52.5. The molecule has 15 nitrogen and oxygen atoms in total. The van der Waals surface area contributed by atoms with E-state index in [2.05, 4.69) is 0 Å². The molecule has 0 unspecified atom stereocenters. The molecule has 0 heterocycles. The normalized spacial score (nSPS) is 2.70. The van der Waals surface area contributed by atoms with Gasteiger partial charge >= 0.3 is 85.3 Å². The Kier molecular flexibility index (Phi) is 2550. The summed E-state index contributed by atoms with van der Waals surface area (Å²) in [4.78, 5) is 0. The van der Waals surface area contributed by atoms with Crippen molar-refractivity contribution in [2.24, 2.45) is 0 Å².